The average Bonchev–Trinajstić information content (AvgIpc) is 2.43. The van der Waals surface area contributed by atoms with E-state index in [0.717, 1.165) is 25.4 Å². The van der Waals surface area contributed by atoms with Gasteiger partial charge in [0.2, 0.25) is 0 Å². The van der Waals surface area contributed by atoms with E-state index in [9.17, 15) is 0 Å². The maximum Gasteiger partial charge on any atom is 0.0985 e. The van der Waals surface area contributed by atoms with Crippen molar-refractivity contribution in [1.29, 1.82) is 0 Å². The summed E-state index contributed by atoms with van der Waals surface area (Å²) < 4.78 is 7.64. The third-order valence-electron chi connectivity index (χ3n) is 2.81. The Morgan fingerprint density at radius 3 is 2.79 bits per heavy atom. The van der Waals surface area contributed by atoms with Crippen LogP contribution >= 0.6 is 0 Å². The van der Waals surface area contributed by atoms with Crippen LogP contribution in [0.2, 0.25) is 0 Å². The van der Waals surface area contributed by atoms with Gasteiger partial charge in [0.15, 0.2) is 0 Å². The van der Waals surface area contributed by atoms with Gasteiger partial charge in [0.25, 0.3) is 0 Å². The third-order valence-corrected chi connectivity index (χ3v) is 2.81. The van der Waals surface area contributed by atoms with Gasteiger partial charge in [0.1, 0.15) is 0 Å². The summed E-state index contributed by atoms with van der Waals surface area (Å²) in [7, 11) is 1.97. The first-order valence-corrected chi connectivity index (χ1v) is 5.02. The highest BCUT2D eigenvalue weighted by molar-refractivity contribution is 5.27. The minimum atomic E-state index is 0.178. The zero-order valence-electron chi connectivity index (χ0n) is 9.00. The molecule has 1 N–H and O–H groups in total. The minimum absolute atomic E-state index is 0.178. The fourth-order valence-corrected chi connectivity index (χ4v) is 2.01. The standard InChI is InChI=1S/C10H17N3O/c1-7-10(8(2)13(3)12-7)9-6-11-4-5-14-9/h9,11H,4-6H2,1-3H3. The number of nitrogens with one attached hydrogen (secondary N) is 1. The monoisotopic (exact) mass is 195 g/mol. The molecule has 1 fully saturated rings. The van der Waals surface area contributed by atoms with Crippen LogP contribution in [0.5, 0.6) is 0 Å². The molecule has 4 heteroatoms. The Morgan fingerprint density at radius 1 is 1.50 bits per heavy atom. The van der Waals surface area contributed by atoms with E-state index in [4.69, 9.17) is 4.74 Å². The van der Waals surface area contributed by atoms with Crippen LogP contribution in [0.3, 0.4) is 0 Å². The molecular formula is C10H17N3O. The lowest BCUT2D eigenvalue weighted by Crippen LogP contribution is -2.33. The van der Waals surface area contributed by atoms with Gasteiger partial charge in [-0.3, -0.25) is 4.68 Å². The van der Waals surface area contributed by atoms with Crippen LogP contribution in [0.25, 0.3) is 0 Å². The zero-order chi connectivity index (χ0) is 10.1. The minimum Gasteiger partial charge on any atom is -0.371 e. The van der Waals surface area contributed by atoms with Crippen molar-refractivity contribution in [2.24, 2.45) is 7.05 Å². The van der Waals surface area contributed by atoms with Crippen molar-refractivity contribution in [2.75, 3.05) is 19.7 Å². The van der Waals surface area contributed by atoms with Gasteiger partial charge in [-0.05, 0) is 13.8 Å². The largest absolute Gasteiger partial charge is 0.371 e. The summed E-state index contributed by atoms with van der Waals surface area (Å²) >= 11 is 0. The van der Waals surface area contributed by atoms with Gasteiger partial charge < -0.3 is 10.1 Å². The van der Waals surface area contributed by atoms with E-state index < -0.39 is 0 Å². The quantitative estimate of drug-likeness (QED) is 0.717. The van der Waals surface area contributed by atoms with Crippen LogP contribution < -0.4 is 5.32 Å². The van der Waals surface area contributed by atoms with E-state index in [0.29, 0.717) is 0 Å². The summed E-state index contributed by atoms with van der Waals surface area (Å²) in [5.74, 6) is 0. The van der Waals surface area contributed by atoms with Gasteiger partial charge in [0, 0.05) is 31.4 Å². The average molecular weight is 195 g/mol. The normalized spacial score (nSPS) is 22.6. The van der Waals surface area contributed by atoms with Crippen LogP contribution in [-0.4, -0.2) is 29.5 Å². The van der Waals surface area contributed by atoms with Crippen LogP contribution in [0.4, 0.5) is 0 Å². The highest BCUT2D eigenvalue weighted by atomic mass is 16.5. The van der Waals surface area contributed by atoms with Crippen molar-refractivity contribution in [2.45, 2.75) is 20.0 Å². The Kier molecular flexibility index (Phi) is 2.56. The fraction of sp³-hybridized carbons (Fsp3) is 0.700. The van der Waals surface area contributed by atoms with Crippen LogP contribution in [0, 0.1) is 13.8 Å². The van der Waals surface area contributed by atoms with Crippen molar-refractivity contribution in [3.05, 3.63) is 17.0 Å². The molecule has 1 aliphatic heterocycles. The fourth-order valence-electron chi connectivity index (χ4n) is 2.01. The molecule has 0 saturated carbocycles. The molecular weight excluding hydrogens is 178 g/mol. The van der Waals surface area contributed by atoms with E-state index in [1.165, 1.54) is 11.3 Å². The Hall–Kier alpha value is -0.870. The van der Waals surface area contributed by atoms with E-state index >= 15 is 0 Å². The first-order chi connectivity index (χ1) is 6.70. The molecule has 0 radical (unpaired) electrons. The summed E-state index contributed by atoms with van der Waals surface area (Å²) in [5.41, 5.74) is 3.54. The molecule has 4 nitrogen and oxygen atoms in total. The number of rotatable bonds is 1. The van der Waals surface area contributed by atoms with Gasteiger partial charge in [-0.15, -0.1) is 0 Å². The van der Waals surface area contributed by atoms with Gasteiger partial charge in [-0.1, -0.05) is 0 Å². The first-order valence-electron chi connectivity index (χ1n) is 5.02. The number of hydrogen-bond acceptors (Lipinski definition) is 3. The molecule has 1 aromatic heterocycles. The molecule has 1 unspecified atom stereocenters. The Morgan fingerprint density at radius 2 is 2.29 bits per heavy atom. The molecule has 0 amide bonds. The van der Waals surface area contributed by atoms with Crippen molar-refractivity contribution in [1.82, 2.24) is 15.1 Å². The number of morpholine rings is 1. The molecule has 14 heavy (non-hydrogen) atoms. The molecule has 2 rings (SSSR count). The summed E-state index contributed by atoms with van der Waals surface area (Å²) in [6.07, 6.45) is 0.178. The summed E-state index contributed by atoms with van der Waals surface area (Å²) in [6.45, 7) is 6.77. The van der Waals surface area contributed by atoms with Gasteiger partial charge in [-0.25, -0.2) is 0 Å². The van der Waals surface area contributed by atoms with Crippen molar-refractivity contribution in [3.8, 4) is 0 Å². The topological polar surface area (TPSA) is 39.1 Å². The predicted octanol–water partition coefficient (Wildman–Crippen LogP) is 0.698. The zero-order valence-corrected chi connectivity index (χ0v) is 9.00. The lowest BCUT2D eigenvalue weighted by Gasteiger charge is -2.24. The third kappa shape index (κ3) is 1.55. The maximum absolute atomic E-state index is 5.72. The molecule has 0 bridgehead atoms. The number of nitrogens with zero attached hydrogens (tertiary/aromatic N) is 2. The molecule has 1 atom stereocenters. The Balaban J connectivity index is 2.29. The van der Waals surface area contributed by atoms with Gasteiger partial charge in [-0.2, -0.15) is 5.10 Å². The lowest BCUT2D eigenvalue weighted by molar-refractivity contribution is 0.0269. The second-order valence-electron chi connectivity index (χ2n) is 3.77. The lowest BCUT2D eigenvalue weighted by atomic mass is 10.1. The number of hydrogen-bond donors (Lipinski definition) is 1. The van der Waals surface area contributed by atoms with Crippen molar-refractivity contribution < 1.29 is 4.74 Å². The second-order valence-corrected chi connectivity index (χ2v) is 3.77. The van der Waals surface area contributed by atoms with Crippen molar-refractivity contribution >= 4 is 0 Å². The SMILES string of the molecule is Cc1nn(C)c(C)c1C1CNCCO1. The number of ether oxygens (including phenoxy) is 1. The Labute approximate surface area is 84.3 Å². The molecule has 0 spiro atoms. The smallest absolute Gasteiger partial charge is 0.0985 e. The van der Waals surface area contributed by atoms with E-state index in [1.807, 2.05) is 18.7 Å². The summed E-state index contributed by atoms with van der Waals surface area (Å²) in [4.78, 5) is 0. The first kappa shape index (κ1) is 9.68. The van der Waals surface area contributed by atoms with Gasteiger partial charge in [0.05, 0.1) is 18.4 Å². The van der Waals surface area contributed by atoms with E-state index in [-0.39, 0.29) is 6.10 Å². The molecule has 0 aromatic carbocycles. The van der Waals surface area contributed by atoms with Crippen LogP contribution in [-0.2, 0) is 11.8 Å². The van der Waals surface area contributed by atoms with Crippen molar-refractivity contribution in [3.63, 3.8) is 0 Å². The van der Waals surface area contributed by atoms with E-state index in [2.05, 4.69) is 17.3 Å². The second kappa shape index (κ2) is 3.71. The predicted molar refractivity (Wildman–Crippen MR) is 54.2 cm³/mol. The molecule has 1 aliphatic rings. The van der Waals surface area contributed by atoms with E-state index in [1.54, 1.807) is 0 Å². The van der Waals surface area contributed by atoms with Crippen LogP contribution in [0.1, 0.15) is 23.1 Å². The molecule has 2 heterocycles. The van der Waals surface area contributed by atoms with Crippen LogP contribution in [0.15, 0.2) is 0 Å². The molecule has 1 saturated heterocycles. The highest BCUT2D eigenvalue weighted by Crippen LogP contribution is 2.24. The highest BCUT2D eigenvalue weighted by Gasteiger charge is 2.22. The van der Waals surface area contributed by atoms with Gasteiger partial charge >= 0.3 is 0 Å². The maximum atomic E-state index is 5.72. The summed E-state index contributed by atoms with van der Waals surface area (Å²) in [5, 5.41) is 7.73. The molecule has 1 aromatic rings. The summed E-state index contributed by atoms with van der Waals surface area (Å²) in [6, 6.07) is 0. The number of aryl methyl sites for hydroxylation is 2. The Bertz CT molecular complexity index is 326. The molecule has 0 aliphatic carbocycles. The molecule has 78 valence electrons. The number of aromatic nitrogens is 2.